The Bertz CT molecular complexity index is 778. The summed E-state index contributed by atoms with van der Waals surface area (Å²) in [5.74, 6) is 1.05. The maximum atomic E-state index is 12.6. The van der Waals surface area contributed by atoms with Gasteiger partial charge in [-0.25, -0.2) is 9.97 Å². The monoisotopic (exact) mass is 362 g/mol. The molecule has 2 aromatic rings. The normalized spacial score (nSPS) is 10.7. The summed E-state index contributed by atoms with van der Waals surface area (Å²) in [7, 11) is 1.53. The van der Waals surface area contributed by atoms with Crippen molar-refractivity contribution >= 4 is 29.1 Å². The Kier molecular flexibility index (Phi) is 6.20. The first-order chi connectivity index (χ1) is 11.8. The highest BCUT2D eigenvalue weighted by atomic mass is 35.5. The van der Waals surface area contributed by atoms with Crippen LogP contribution in [0, 0.1) is 19.8 Å². The first-order valence-corrected chi connectivity index (χ1v) is 8.43. The molecular formula is C18H23ClN4O2. The van der Waals surface area contributed by atoms with Crippen LogP contribution in [0.2, 0.25) is 5.02 Å². The number of rotatable bonds is 6. The summed E-state index contributed by atoms with van der Waals surface area (Å²) in [5, 5.41) is 6.54. The molecule has 0 atom stereocenters. The summed E-state index contributed by atoms with van der Waals surface area (Å²) >= 11 is 6.10. The smallest absolute Gasteiger partial charge is 0.274 e. The first kappa shape index (κ1) is 19.0. The summed E-state index contributed by atoms with van der Waals surface area (Å²) in [6.07, 6.45) is 0. The predicted octanol–water partition coefficient (Wildman–Crippen LogP) is 4.08. The van der Waals surface area contributed by atoms with Crippen molar-refractivity contribution in [2.24, 2.45) is 5.92 Å². The van der Waals surface area contributed by atoms with E-state index < -0.39 is 0 Å². The molecule has 134 valence electrons. The summed E-state index contributed by atoms with van der Waals surface area (Å²) in [6, 6.07) is 5.09. The maximum absolute atomic E-state index is 12.6. The lowest BCUT2D eigenvalue weighted by Gasteiger charge is -2.13. The van der Waals surface area contributed by atoms with Gasteiger partial charge in [0.15, 0.2) is 0 Å². The van der Waals surface area contributed by atoms with Gasteiger partial charge in [0.1, 0.15) is 11.4 Å². The Labute approximate surface area is 153 Å². The molecule has 0 bridgehead atoms. The van der Waals surface area contributed by atoms with Crippen LogP contribution in [0.5, 0.6) is 5.75 Å². The fourth-order valence-corrected chi connectivity index (χ4v) is 2.33. The Balaban J connectivity index is 2.25. The largest absolute Gasteiger partial charge is 0.495 e. The average Bonchev–Trinajstić information content (AvgIpc) is 2.55. The van der Waals surface area contributed by atoms with E-state index in [-0.39, 0.29) is 11.6 Å². The lowest BCUT2D eigenvalue weighted by atomic mass is 10.2. The van der Waals surface area contributed by atoms with Gasteiger partial charge in [-0.05, 0) is 37.5 Å². The molecule has 0 spiro atoms. The van der Waals surface area contributed by atoms with Gasteiger partial charge < -0.3 is 15.4 Å². The molecule has 0 radical (unpaired) electrons. The quantitative estimate of drug-likeness (QED) is 0.809. The molecular weight excluding hydrogens is 340 g/mol. The standard InChI is InChI=1S/C18H23ClN4O2/c1-10(2)9-20-18-21-12(4)7-15(23-18)17(24)22-14-6-11(3)13(19)8-16(14)25-5/h6-8,10H,9H2,1-5H3,(H,22,24)(H,20,21,23). The van der Waals surface area contributed by atoms with Crippen LogP contribution >= 0.6 is 11.6 Å². The van der Waals surface area contributed by atoms with Gasteiger partial charge in [0, 0.05) is 23.3 Å². The van der Waals surface area contributed by atoms with Crippen molar-refractivity contribution < 1.29 is 9.53 Å². The van der Waals surface area contributed by atoms with E-state index in [0.717, 1.165) is 12.1 Å². The second-order valence-electron chi connectivity index (χ2n) is 6.25. The first-order valence-electron chi connectivity index (χ1n) is 8.05. The van der Waals surface area contributed by atoms with Gasteiger partial charge in [-0.15, -0.1) is 0 Å². The third kappa shape index (κ3) is 5.06. The van der Waals surface area contributed by atoms with Crippen molar-refractivity contribution in [3.63, 3.8) is 0 Å². The second-order valence-corrected chi connectivity index (χ2v) is 6.66. The minimum atomic E-state index is -0.335. The number of aryl methyl sites for hydroxylation is 2. The highest BCUT2D eigenvalue weighted by Crippen LogP contribution is 2.31. The molecule has 2 rings (SSSR count). The molecule has 0 fully saturated rings. The van der Waals surface area contributed by atoms with Crippen LogP contribution in [-0.2, 0) is 0 Å². The van der Waals surface area contributed by atoms with E-state index in [0.29, 0.717) is 34.0 Å². The molecule has 1 heterocycles. The number of aromatic nitrogens is 2. The van der Waals surface area contributed by atoms with E-state index in [1.165, 1.54) is 7.11 Å². The van der Waals surface area contributed by atoms with E-state index in [2.05, 4.69) is 34.4 Å². The van der Waals surface area contributed by atoms with Crippen molar-refractivity contribution in [2.45, 2.75) is 27.7 Å². The van der Waals surface area contributed by atoms with Crippen LogP contribution in [0.1, 0.15) is 35.6 Å². The van der Waals surface area contributed by atoms with E-state index >= 15 is 0 Å². The van der Waals surface area contributed by atoms with Crippen LogP contribution in [0.3, 0.4) is 0 Å². The van der Waals surface area contributed by atoms with Crippen LogP contribution in [0.4, 0.5) is 11.6 Å². The molecule has 1 amide bonds. The van der Waals surface area contributed by atoms with Crippen LogP contribution in [0.25, 0.3) is 0 Å². The predicted molar refractivity (Wildman–Crippen MR) is 101 cm³/mol. The number of nitrogens with zero attached hydrogens (tertiary/aromatic N) is 2. The average molecular weight is 363 g/mol. The number of carbonyl (C=O) groups excluding carboxylic acids is 1. The Hall–Kier alpha value is -2.34. The molecule has 1 aromatic carbocycles. The number of hydrogen-bond donors (Lipinski definition) is 2. The van der Waals surface area contributed by atoms with Gasteiger partial charge in [-0.1, -0.05) is 25.4 Å². The van der Waals surface area contributed by atoms with Gasteiger partial charge in [0.25, 0.3) is 5.91 Å². The molecule has 25 heavy (non-hydrogen) atoms. The lowest BCUT2D eigenvalue weighted by molar-refractivity contribution is 0.102. The van der Waals surface area contributed by atoms with E-state index in [9.17, 15) is 4.79 Å². The van der Waals surface area contributed by atoms with Crippen molar-refractivity contribution in [3.8, 4) is 5.75 Å². The zero-order valence-electron chi connectivity index (χ0n) is 15.1. The topological polar surface area (TPSA) is 76.1 Å². The Morgan fingerprint density at radius 1 is 1.24 bits per heavy atom. The highest BCUT2D eigenvalue weighted by molar-refractivity contribution is 6.31. The highest BCUT2D eigenvalue weighted by Gasteiger charge is 2.15. The zero-order chi connectivity index (χ0) is 18.6. The van der Waals surface area contributed by atoms with E-state index in [1.807, 2.05) is 13.8 Å². The molecule has 0 aliphatic rings. The minimum absolute atomic E-state index is 0.286. The Morgan fingerprint density at radius 2 is 1.96 bits per heavy atom. The fourth-order valence-electron chi connectivity index (χ4n) is 2.18. The third-order valence-electron chi connectivity index (χ3n) is 3.48. The lowest BCUT2D eigenvalue weighted by Crippen LogP contribution is -2.18. The molecule has 0 unspecified atom stereocenters. The number of halogens is 1. The minimum Gasteiger partial charge on any atom is -0.495 e. The molecule has 0 saturated heterocycles. The Morgan fingerprint density at radius 3 is 2.60 bits per heavy atom. The molecule has 0 saturated carbocycles. The third-order valence-corrected chi connectivity index (χ3v) is 3.89. The summed E-state index contributed by atoms with van der Waals surface area (Å²) in [6.45, 7) is 8.60. The number of benzene rings is 1. The van der Waals surface area contributed by atoms with Gasteiger partial charge in [0.05, 0.1) is 12.8 Å². The van der Waals surface area contributed by atoms with Gasteiger partial charge in [-0.2, -0.15) is 0 Å². The number of amides is 1. The summed E-state index contributed by atoms with van der Waals surface area (Å²) < 4.78 is 5.29. The van der Waals surface area contributed by atoms with Gasteiger partial charge in [-0.3, -0.25) is 4.79 Å². The zero-order valence-corrected chi connectivity index (χ0v) is 15.9. The fraction of sp³-hybridized carbons (Fsp3) is 0.389. The molecule has 7 heteroatoms. The number of hydrogen-bond acceptors (Lipinski definition) is 5. The summed E-state index contributed by atoms with van der Waals surface area (Å²) in [5.41, 5.74) is 2.39. The summed E-state index contributed by atoms with van der Waals surface area (Å²) in [4.78, 5) is 21.2. The van der Waals surface area contributed by atoms with Crippen LogP contribution in [0.15, 0.2) is 18.2 Å². The number of ether oxygens (including phenoxy) is 1. The number of carbonyl (C=O) groups is 1. The molecule has 6 nitrogen and oxygen atoms in total. The van der Waals surface area contributed by atoms with Crippen LogP contribution < -0.4 is 15.4 Å². The number of nitrogens with one attached hydrogen (secondary N) is 2. The number of methoxy groups -OCH3 is 1. The van der Waals surface area contributed by atoms with E-state index in [1.54, 1.807) is 18.2 Å². The van der Waals surface area contributed by atoms with Crippen molar-refractivity contribution in [1.82, 2.24) is 9.97 Å². The van der Waals surface area contributed by atoms with Crippen molar-refractivity contribution in [3.05, 3.63) is 40.2 Å². The van der Waals surface area contributed by atoms with Crippen molar-refractivity contribution in [1.29, 1.82) is 0 Å². The maximum Gasteiger partial charge on any atom is 0.274 e. The SMILES string of the molecule is COc1cc(Cl)c(C)cc1NC(=O)c1cc(C)nc(NCC(C)C)n1. The van der Waals surface area contributed by atoms with Gasteiger partial charge in [0.2, 0.25) is 5.95 Å². The molecule has 0 aliphatic heterocycles. The number of anilines is 2. The molecule has 2 N–H and O–H groups in total. The molecule has 0 aliphatic carbocycles. The van der Waals surface area contributed by atoms with Crippen LogP contribution in [-0.4, -0.2) is 29.5 Å². The molecule has 1 aromatic heterocycles. The van der Waals surface area contributed by atoms with Gasteiger partial charge >= 0.3 is 0 Å². The van der Waals surface area contributed by atoms with E-state index in [4.69, 9.17) is 16.3 Å². The second kappa shape index (κ2) is 8.16. The van der Waals surface area contributed by atoms with Crippen molar-refractivity contribution in [2.75, 3.05) is 24.3 Å².